The van der Waals surface area contributed by atoms with Crippen LogP contribution in [0, 0.1) is 11.8 Å². The van der Waals surface area contributed by atoms with Gasteiger partial charge in [0.2, 0.25) is 5.91 Å². The molecule has 1 aromatic carbocycles. The molecule has 204 valence electrons. The maximum atomic E-state index is 13.7. The van der Waals surface area contributed by atoms with Crippen molar-refractivity contribution in [2.45, 2.75) is 87.8 Å². The van der Waals surface area contributed by atoms with Gasteiger partial charge in [-0.25, -0.2) is 4.79 Å². The van der Waals surface area contributed by atoms with Gasteiger partial charge in [0.25, 0.3) is 0 Å². The van der Waals surface area contributed by atoms with E-state index >= 15 is 0 Å². The highest BCUT2D eigenvalue weighted by Gasteiger charge is 2.55. The zero-order valence-electron chi connectivity index (χ0n) is 22.8. The Hall–Kier alpha value is -2.12. The minimum absolute atomic E-state index is 0.0178. The first-order valence-corrected chi connectivity index (χ1v) is 14.6. The lowest BCUT2D eigenvalue weighted by molar-refractivity contribution is -0.121. The summed E-state index contributed by atoms with van der Waals surface area (Å²) in [5.74, 6) is 0.979. The Labute approximate surface area is 222 Å². The lowest BCUT2D eigenvalue weighted by atomic mass is 9.68. The van der Waals surface area contributed by atoms with Crippen LogP contribution in [0.1, 0.15) is 76.2 Å². The number of urea groups is 1. The molecule has 1 aliphatic heterocycles. The molecule has 0 unspecified atom stereocenters. The molecule has 4 aliphatic rings. The van der Waals surface area contributed by atoms with Gasteiger partial charge in [-0.1, -0.05) is 36.8 Å². The van der Waals surface area contributed by atoms with Gasteiger partial charge in [0, 0.05) is 25.2 Å². The van der Waals surface area contributed by atoms with Gasteiger partial charge in [-0.15, -0.1) is 0 Å². The highest BCUT2D eigenvalue weighted by molar-refractivity contribution is 5.86. The van der Waals surface area contributed by atoms with Crippen molar-refractivity contribution in [3.63, 3.8) is 0 Å². The monoisotopic (exact) mass is 510 g/mol. The second-order valence-corrected chi connectivity index (χ2v) is 12.5. The minimum atomic E-state index is -0.185. The summed E-state index contributed by atoms with van der Waals surface area (Å²) in [6.07, 6.45) is 11.0. The molecule has 5 rings (SSSR count). The van der Waals surface area contributed by atoms with Crippen LogP contribution in [0.15, 0.2) is 30.3 Å². The molecule has 1 spiro atoms. The largest absolute Gasteiger partial charge is 0.393 e. The van der Waals surface area contributed by atoms with Crippen molar-refractivity contribution in [1.29, 1.82) is 0 Å². The number of aliphatic hydroxyl groups is 1. The molecule has 3 amide bonds. The van der Waals surface area contributed by atoms with Crippen LogP contribution in [0.5, 0.6) is 0 Å². The van der Waals surface area contributed by atoms with Crippen LogP contribution in [-0.4, -0.2) is 83.7 Å². The zero-order valence-corrected chi connectivity index (χ0v) is 22.8. The number of nitrogens with one attached hydrogen (secondary N) is 1. The molecule has 3 saturated carbocycles. The number of rotatable bonds is 8. The Morgan fingerprint density at radius 1 is 1.00 bits per heavy atom. The van der Waals surface area contributed by atoms with E-state index in [4.69, 9.17) is 0 Å². The van der Waals surface area contributed by atoms with Gasteiger partial charge >= 0.3 is 6.03 Å². The van der Waals surface area contributed by atoms with Crippen molar-refractivity contribution < 1.29 is 14.7 Å². The van der Waals surface area contributed by atoms with Gasteiger partial charge in [-0.05, 0) is 95.7 Å². The van der Waals surface area contributed by atoms with Crippen molar-refractivity contribution in [2.24, 2.45) is 11.8 Å². The van der Waals surface area contributed by atoms with E-state index in [9.17, 15) is 14.7 Å². The van der Waals surface area contributed by atoms with Gasteiger partial charge in [-0.3, -0.25) is 9.69 Å². The van der Waals surface area contributed by atoms with Crippen molar-refractivity contribution in [3.8, 4) is 0 Å². The molecule has 1 saturated heterocycles. The van der Waals surface area contributed by atoms with E-state index in [1.807, 2.05) is 4.90 Å². The van der Waals surface area contributed by atoms with Gasteiger partial charge in [0.05, 0.1) is 11.6 Å². The second-order valence-electron chi connectivity index (χ2n) is 12.5. The highest BCUT2D eigenvalue weighted by Crippen LogP contribution is 2.49. The Kier molecular flexibility index (Phi) is 7.83. The molecule has 0 radical (unpaired) electrons. The third kappa shape index (κ3) is 5.40. The molecule has 1 aromatic rings. The summed E-state index contributed by atoms with van der Waals surface area (Å²) >= 11 is 0. The standard InChI is InChI=1S/C30H46N4O3/c1-32(2)30(25-9-4-3-5-10-25)17-15-29(16-18-30)22-33(28(37)34(29)20-24-7-6-8-24)21-27(36)31-19-23-11-13-26(35)14-12-23/h3-5,9-10,23-24,26,35H,6-8,11-22H2,1-2H3,(H,31,36)/t23?,26?,29-,30+. The maximum absolute atomic E-state index is 13.7. The molecule has 0 atom stereocenters. The minimum Gasteiger partial charge on any atom is -0.393 e. The fourth-order valence-electron chi connectivity index (χ4n) is 7.35. The van der Waals surface area contributed by atoms with E-state index < -0.39 is 0 Å². The molecule has 3 aliphatic carbocycles. The molecule has 7 heteroatoms. The normalized spacial score (nSPS) is 32.7. The zero-order chi connectivity index (χ0) is 26.0. The summed E-state index contributed by atoms with van der Waals surface area (Å²) in [5, 5.41) is 12.8. The first-order valence-electron chi connectivity index (χ1n) is 14.6. The van der Waals surface area contributed by atoms with E-state index in [2.05, 4.69) is 59.5 Å². The van der Waals surface area contributed by atoms with E-state index in [1.54, 1.807) is 0 Å². The number of amides is 3. The first kappa shape index (κ1) is 26.5. The van der Waals surface area contributed by atoms with Gasteiger partial charge in [0.1, 0.15) is 6.54 Å². The van der Waals surface area contributed by atoms with E-state index in [-0.39, 0.29) is 35.7 Å². The number of hydrogen-bond donors (Lipinski definition) is 2. The van der Waals surface area contributed by atoms with Crippen molar-refractivity contribution in [3.05, 3.63) is 35.9 Å². The summed E-state index contributed by atoms with van der Waals surface area (Å²) in [7, 11) is 4.36. The topological polar surface area (TPSA) is 76.1 Å². The van der Waals surface area contributed by atoms with Crippen molar-refractivity contribution in [1.82, 2.24) is 20.0 Å². The molecule has 2 N–H and O–H groups in total. The molecule has 4 fully saturated rings. The van der Waals surface area contributed by atoms with Gasteiger partial charge < -0.3 is 20.2 Å². The summed E-state index contributed by atoms with van der Waals surface area (Å²) in [4.78, 5) is 33.0. The first-order chi connectivity index (χ1) is 17.8. The van der Waals surface area contributed by atoms with Gasteiger partial charge in [0.15, 0.2) is 0 Å². The third-order valence-corrected chi connectivity index (χ3v) is 10.1. The lowest BCUT2D eigenvalue weighted by Gasteiger charge is -2.51. The van der Waals surface area contributed by atoms with Crippen molar-refractivity contribution in [2.75, 3.05) is 40.3 Å². The number of carbonyl (C=O) groups is 2. The van der Waals surface area contributed by atoms with Crippen LogP contribution < -0.4 is 5.32 Å². The van der Waals surface area contributed by atoms with E-state index in [0.717, 1.165) is 57.9 Å². The third-order valence-electron chi connectivity index (χ3n) is 10.1. The summed E-state index contributed by atoms with van der Waals surface area (Å²) in [6.45, 7) is 2.28. The molecular weight excluding hydrogens is 464 g/mol. The van der Waals surface area contributed by atoms with Crippen LogP contribution in [0.25, 0.3) is 0 Å². The SMILES string of the molecule is CN(C)[C@]1(c2ccccc2)CC[C@]2(CC1)CN(CC(=O)NCC1CCC(O)CC1)C(=O)N2CC1CCC1. The number of carbonyl (C=O) groups excluding carboxylic acids is 2. The van der Waals surface area contributed by atoms with Crippen LogP contribution >= 0.6 is 0 Å². The second kappa shape index (κ2) is 10.9. The maximum Gasteiger partial charge on any atom is 0.321 e. The van der Waals surface area contributed by atoms with Crippen LogP contribution in [0.3, 0.4) is 0 Å². The molecule has 7 nitrogen and oxygen atoms in total. The van der Waals surface area contributed by atoms with Gasteiger partial charge in [-0.2, -0.15) is 0 Å². The Morgan fingerprint density at radius 3 is 2.27 bits per heavy atom. The predicted octanol–water partition coefficient (Wildman–Crippen LogP) is 3.96. The summed E-state index contributed by atoms with van der Waals surface area (Å²) in [6, 6.07) is 10.9. The van der Waals surface area contributed by atoms with E-state index in [1.165, 1.54) is 24.8 Å². The molecular formula is C30H46N4O3. The van der Waals surface area contributed by atoms with Crippen LogP contribution in [0.4, 0.5) is 4.79 Å². The Balaban J connectivity index is 1.26. The number of aliphatic hydroxyl groups excluding tert-OH is 1. The molecule has 0 aromatic heterocycles. The van der Waals surface area contributed by atoms with Crippen molar-refractivity contribution >= 4 is 11.9 Å². The molecule has 37 heavy (non-hydrogen) atoms. The fourth-order valence-corrected chi connectivity index (χ4v) is 7.35. The number of benzene rings is 1. The Morgan fingerprint density at radius 2 is 1.68 bits per heavy atom. The highest BCUT2D eigenvalue weighted by atomic mass is 16.3. The fraction of sp³-hybridized carbons (Fsp3) is 0.733. The van der Waals surface area contributed by atoms with E-state index in [0.29, 0.717) is 24.9 Å². The smallest absolute Gasteiger partial charge is 0.321 e. The average molecular weight is 511 g/mol. The summed E-state index contributed by atoms with van der Waals surface area (Å²) in [5.41, 5.74) is 1.16. The quantitative estimate of drug-likeness (QED) is 0.555. The predicted molar refractivity (Wildman–Crippen MR) is 145 cm³/mol. The van der Waals surface area contributed by atoms with Crippen LogP contribution in [0.2, 0.25) is 0 Å². The van der Waals surface area contributed by atoms with Crippen LogP contribution in [-0.2, 0) is 10.3 Å². The number of nitrogens with zero attached hydrogens (tertiary/aromatic N) is 3. The molecule has 0 bridgehead atoms. The average Bonchev–Trinajstić information content (AvgIpc) is 3.11. The number of hydrogen-bond acceptors (Lipinski definition) is 4. The Bertz CT molecular complexity index is 931. The lowest BCUT2D eigenvalue weighted by Crippen LogP contribution is -2.56. The summed E-state index contributed by atoms with van der Waals surface area (Å²) < 4.78 is 0. The molecule has 1 heterocycles.